The van der Waals surface area contributed by atoms with Gasteiger partial charge in [-0.2, -0.15) is 0 Å². The lowest BCUT2D eigenvalue weighted by atomic mass is 10.2. The number of pyridine rings is 1. The first kappa shape index (κ1) is 9.63. The summed E-state index contributed by atoms with van der Waals surface area (Å²) in [7, 11) is 0. The molecule has 0 saturated carbocycles. The number of carbonyl (C=O) groups is 1. The van der Waals surface area contributed by atoms with Gasteiger partial charge in [-0.25, -0.2) is 0 Å². The molecule has 0 amide bonds. The standard InChI is InChI=1S/C12H7NOS/c14-7-3-4-11-8-10(9-15-11)12-5-1-2-6-13-12/h1-2,5-9H. The van der Waals surface area contributed by atoms with E-state index in [4.69, 9.17) is 0 Å². The van der Waals surface area contributed by atoms with Crippen molar-refractivity contribution in [2.24, 2.45) is 0 Å². The molecule has 2 heterocycles. The third kappa shape index (κ3) is 2.30. The maximum absolute atomic E-state index is 10.1. The molecule has 15 heavy (non-hydrogen) atoms. The number of aromatic nitrogens is 1. The number of aldehydes is 1. The Morgan fingerprint density at radius 2 is 2.33 bits per heavy atom. The van der Waals surface area contributed by atoms with Gasteiger partial charge in [0.05, 0.1) is 10.6 Å². The van der Waals surface area contributed by atoms with Gasteiger partial charge in [0.1, 0.15) is 0 Å². The van der Waals surface area contributed by atoms with Crippen molar-refractivity contribution in [3.8, 4) is 23.1 Å². The minimum Gasteiger partial charge on any atom is -0.289 e. The first-order chi connectivity index (χ1) is 7.40. The van der Waals surface area contributed by atoms with Gasteiger partial charge in [-0.15, -0.1) is 11.3 Å². The number of hydrogen-bond acceptors (Lipinski definition) is 3. The van der Waals surface area contributed by atoms with Gasteiger partial charge in [-0.05, 0) is 30.0 Å². The summed E-state index contributed by atoms with van der Waals surface area (Å²) in [5.41, 5.74) is 1.96. The normalized spacial score (nSPS) is 9.07. The zero-order chi connectivity index (χ0) is 10.5. The Hall–Kier alpha value is -1.92. The second-order valence-electron chi connectivity index (χ2n) is 2.80. The predicted octanol–water partition coefficient (Wildman–Crippen LogP) is 2.36. The molecule has 0 aliphatic carbocycles. The van der Waals surface area contributed by atoms with Crippen molar-refractivity contribution in [1.29, 1.82) is 0 Å². The van der Waals surface area contributed by atoms with Crippen LogP contribution in [0.15, 0.2) is 35.8 Å². The Morgan fingerprint density at radius 3 is 3.07 bits per heavy atom. The molecule has 0 radical (unpaired) electrons. The average Bonchev–Trinajstić information content (AvgIpc) is 2.76. The van der Waals surface area contributed by atoms with Crippen LogP contribution in [0.3, 0.4) is 0 Å². The number of thiophene rings is 1. The monoisotopic (exact) mass is 213 g/mol. The minimum atomic E-state index is 0.597. The molecule has 0 saturated heterocycles. The van der Waals surface area contributed by atoms with E-state index in [0.717, 1.165) is 16.1 Å². The third-order valence-corrected chi connectivity index (χ3v) is 2.66. The fraction of sp³-hybridized carbons (Fsp3) is 0. The van der Waals surface area contributed by atoms with E-state index >= 15 is 0 Å². The number of rotatable bonds is 1. The Morgan fingerprint density at radius 1 is 1.40 bits per heavy atom. The molecule has 2 rings (SSSR count). The number of nitrogens with zero attached hydrogens (tertiary/aromatic N) is 1. The van der Waals surface area contributed by atoms with Gasteiger partial charge in [0.15, 0.2) is 6.29 Å². The quantitative estimate of drug-likeness (QED) is 0.537. The highest BCUT2D eigenvalue weighted by molar-refractivity contribution is 7.11. The van der Waals surface area contributed by atoms with Crippen molar-refractivity contribution < 1.29 is 4.79 Å². The molecule has 0 bridgehead atoms. The van der Waals surface area contributed by atoms with E-state index in [1.807, 2.05) is 29.6 Å². The van der Waals surface area contributed by atoms with E-state index in [1.54, 1.807) is 6.20 Å². The maximum Gasteiger partial charge on any atom is 0.193 e. The molecule has 2 aromatic rings. The largest absolute Gasteiger partial charge is 0.289 e. The molecule has 0 spiro atoms. The molecule has 2 aromatic heterocycles. The molecular formula is C12H7NOS. The van der Waals surface area contributed by atoms with Crippen molar-refractivity contribution in [3.05, 3.63) is 40.7 Å². The summed E-state index contributed by atoms with van der Waals surface area (Å²) < 4.78 is 0. The van der Waals surface area contributed by atoms with Crippen molar-refractivity contribution in [2.75, 3.05) is 0 Å². The lowest BCUT2D eigenvalue weighted by Gasteiger charge is -1.92. The Kier molecular flexibility index (Phi) is 2.91. The van der Waals surface area contributed by atoms with Crippen LogP contribution in [0.4, 0.5) is 0 Å². The Labute approximate surface area is 91.6 Å². The van der Waals surface area contributed by atoms with Crippen LogP contribution in [0.5, 0.6) is 0 Å². The molecule has 0 unspecified atom stereocenters. The molecule has 0 aliphatic heterocycles. The van der Waals surface area contributed by atoms with E-state index in [-0.39, 0.29) is 0 Å². The summed E-state index contributed by atoms with van der Waals surface area (Å²) >= 11 is 1.51. The molecule has 0 fully saturated rings. The fourth-order valence-electron chi connectivity index (χ4n) is 1.17. The molecule has 72 valence electrons. The lowest BCUT2D eigenvalue weighted by Crippen LogP contribution is -1.77. The summed E-state index contributed by atoms with van der Waals surface area (Å²) in [6.07, 6.45) is 2.35. The summed E-state index contributed by atoms with van der Waals surface area (Å²) in [6.45, 7) is 0. The highest BCUT2D eigenvalue weighted by atomic mass is 32.1. The number of hydrogen-bond donors (Lipinski definition) is 0. The van der Waals surface area contributed by atoms with E-state index < -0.39 is 0 Å². The molecule has 0 N–H and O–H groups in total. The molecule has 0 aromatic carbocycles. The zero-order valence-corrected chi connectivity index (χ0v) is 8.62. The van der Waals surface area contributed by atoms with Gasteiger partial charge in [0.25, 0.3) is 0 Å². The van der Waals surface area contributed by atoms with Crippen LogP contribution >= 0.6 is 11.3 Å². The van der Waals surface area contributed by atoms with Crippen LogP contribution in [0.25, 0.3) is 11.3 Å². The molecule has 0 aliphatic rings. The second kappa shape index (κ2) is 4.54. The van der Waals surface area contributed by atoms with E-state index in [1.165, 1.54) is 11.3 Å². The Balaban J connectivity index is 2.32. The summed E-state index contributed by atoms with van der Waals surface area (Å²) in [6, 6.07) is 7.70. The molecule has 3 heteroatoms. The molecule has 0 atom stereocenters. The van der Waals surface area contributed by atoms with Gasteiger partial charge in [0.2, 0.25) is 0 Å². The van der Waals surface area contributed by atoms with Crippen LogP contribution in [0, 0.1) is 11.8 Å². The highest BCUT2D eigenvalue weighted by Gasteiger charge is 2.00. The Bertz CT molecular complexity index is 519. The topological polar surface area (TPSA) is 30.0 Å². The van der Waals surface area contributed by atoms with Crippen LogP contribution in [-0.2, 0) is 4.79 Å². The molecule has 2 nitrogen and oxygen atoms in total. The first-order valence-corrected chi connectivity index (χ1v) is 5.23. The van der Waals surface area contributed by atoms with Crippen LogP contribution in [-0.4, -0.2) is 11.3 Å². The van der Waals surface area contributed by atoms with Crippen LogP contribution in [0.2, 0.25) is 0 Å². The van der Waals surface area contributed by atoms with Gasteiger partial charge in [-0.3, -0.25) is 9.78 Å². The van der Waals surface area contributed by atoms with Crippen LogP contribution < -0.4 is 0 Å². The van der Waals surface area contributed by atoms with Gasteiger partial charge < -0.3 is 0 Å². The summed E-state index contributed by atoms with van der Waals surface area (Å²) in [5.74, 6) is 5.15. The van der Waals surface area contributed by atoms with E-state index in [0.29, 0.717) is 6.29 Å². The maximum atomic E-state index is 10.1. The smallest absolute Gasteiger partial charge is 0.193 e. The van der Waals surface area contributed by atoms with E-state index in [9.17, 15) is 4.79 Å². The predicted molar refractivity (Wildman–Crippen MR) is 60.5 cm³/mol. The first-order valence-electron chi connectivity index (χ1n) is 4.35. The minimum absolute atomic E-state index is 0.597. The average molecular weight is 213 g/mol. The van der Waals surface area contributed by atoms with Crippen molar-refractivity contribution in [3.63, 3.8) is 0 Å². The summed E-state index contributed by atoms with van der Waals surface area (Å²) in [5, 5.41) is 1.98. The van der Waals surface area contributed by atoms with E-state index in [2.05, 4.69) is 16.8 Å². The third-order valence-electron chi connectivity index (χ3n) is 1.81. The van der Waals surface area contributed by atoms with Gasteiger partial charge in [0, 0.05) is 17.1 Å². The van der Waals surface area contributed by atoms with Crippen molar-refractivity contribution in [1.82, 2.24) is 4.98 Å². The van der Waals surface area contributed by atoms with Gasteiger partial charge >= 0.3 is 0 Å². The van der Waals surface area contributed by atoms with Crippen LogP contribution in [0.1, 0.15) is 4.88 Å². The molecular weight excluding hydrogens is 206 g/mol. The highest BCUT2D eigenvalue weighted by Crippen LogP contribution is 2.22. The SMILES string of the molecule is O=CC#Cc1cc(-c2ccccn2)cs1. The lowest BCUT2D eigenvalue weighted by molar-refractivity contribution is -0.103. The number of carbonyl (C=O) groups excluding carboxylic acids is 1. The second-order valence-corrected chi connectivity index (χ2v) is 3.71. The van der Waals surface area contributed by atoms with Crippen molar-refractivity contribution in [2.45, 2.75) is 0 Å². The zero-order valence-electron chi connectivity index (χ0n) is 7.81. The fourth-order valence-corrected chi connectivity index (χ4v) is 1.93. The van der Waals surface area contributed by atoms with Crippen molar-refractivity contribution >= 4 is 17.6 Å². The summed E-state index contributed by atoms with van der Waals surface area (Å²) in [4.78, 5) is 15.2. The van der Waals surface area contributed by atoms with Gasteiger partial charge in [-0.1, -0.05) is 6.07 Å².